The van der Waals surface area contributed by atoms with E-state index in [0.29, 0.717) is 12.2 Å². The van der Waals surface area contributed by atoms with Crippen LogP contribution in [0.2, 0.25) is 0 Å². The van der Waals surface area contributed by atoms with Crippen molar-refractivity contribution in [3.05, 3.63) is 47.7 Å². The second-order valence-corrected chi connectivity index (χ2v) is 3.22. The number of ether oxygens (including phenoxy) is 2. The maximum atomic E-state index is 11.2. The van der Waals surface area contributed by atoms with E-state index >= 15 is 0 Å². The number of esters is 1. The van der Waals surface area contributed by atoms with Gasteiger partial charge in [-0.05, 0) is 37.1 Å². The summed E-state index contributed by atoms with van der Waals surface area (Å²) >= 11 is 0. The predicted molar refractivity (Wildman–Crippen MR) is 62.3 cm³/mol. The van der Waals surface area contributed by atoms with E-state index in [-0.39, 0.29) is 5.97 Å². The highest BCUT2D eigenvalue weighted by Gasteiger charge is 2.03. The molecule has 0 heterocycles. The Kier molecular flexibility index (Phi) is 5.12. The molecule has 0 saturated heterocycles. The maximum absolute atomic E-state index is 11.2. The normalized spacial score (nSPS) is 10.4. The van der Waals surface area contributed by atoms with Gasteiger partial charge in [0.05, 0.1) is 25.5 Å². The van der Waals surface area contributed by atoms with Gasteiger partial charge in [0.15, 0.2) is 0 Å². The molecule has 0 amide bonds. The van der Waals surface area contributed by atoms with Gasteiger partial charge >= 0.3 is 5.97 Å². The molecule has 0 atom stereocenters. The Morgan fingerprint density at radius 1 is 1.31 bits per heavy atom. The zero-order chi connectivity index (χ0) is 11.8. The van der Waals surface area contributed by atoms with Crippen molar-refractivity contribution >= 4 is 5.97 Å². The Bertz CT molecular complexity index is 352. The van der Waals surface area contributed by atoms with E-state index in [9.17, 15) is 4.79 Å². The molecule has 3 nitrogen and oxygen atoms in total. The molecule has 16 heavy (non-hydrogen) atoms. The molecular weight excluding hydrogens is 204 g/mol. The molecule has 1 aromatic carbocycles. The van der Waals surface area contributed by atoms with Crippen LogP contribution in [0.3, 0.4) is 0 Å². The summed E-state index contributed by atoms with van der Waals surface area (Å²) in [5.41, 5.74) is 1.70. The molecule has 0 fully saturated rings. The Balaban J connectivity index is 2.54. The van der Waals surface area contributed by atoms with Crippen LogP contribution in [0, 0.1) is 0 Å². The molecule has 0 unspecified atom stereocenters. The molecule has 0 N–H and O–H groups in total. The summed E-state index contributed by atoms with van der Waals surface area (Å²) in [5, 5.41) is 0. The Morgan fingerprint density at radius 3 is 2.56 bits per heavy atom. The minimum atomic E-state index is -0.309. The second kappa shape index (κ2) is 6.67. The molecule has 3 heteroatoms. The maximum Gasteiger partial charge on any atom is 0.337 e. The molecular formula is C13H16O3. The van der Waals surface area contributed by atoms with Crippen molar-refractivity contribution < 1.29 is 14.3 Å². The molecule has 0 aliphatic rings. The van der Waals surface area contributed by atoms with Crippen LogP contribution in [0.15, 0.2) is 36.6 Å². The number of hydrogen-bond acceptors (Lipinski definition) is 3. The highest BCUT2D eigenvalue weighted by atomic mass is 16.5. The Hall–Kier alpha value is -1.77. The fraction of sp³-hybridized carbons (Fsp3) is 0.308. The summed E-state index contributed by atoms with van der Waals surface area (Å²) in [6.45, 7) is 2.62. The van der Waals surface area contributed by atoms with Crippen molar-refractivity contribution in [3.63, 3.8) is 0 Å². The minimum Gasteiger partial charge on any atom is -0.502 e. The fourth-order valence-electron chi connectivity index (χ4n) is 1.24. The number of hydrogen-bond donors (Lipinski definition) is 0. The highest BCUT2D eigenvalue weighted by molar-refractivity contribution is 5.89. The van der Waals surface area contributed by atoms with Crippen molar-refractivity contribution in [3.8, 4) is 0 Å². The number of methoxy groups -OCH3 is 1. The van der Waals surface area contributed by atoms with E-state index in [0.717, 1.165) is 12.0 Å². The Labute approximate surface area is 95.7 Å². The van der Waals surface area contributed by atoms with Crippen molar-refractivity contribution in [2.75, 3.05) is 13.7 Å². The molecule has 0 aliphatic heterocycles. The quantitative estimate of drug-likeness (QED) is 0.565. The van der Waals surface area contributed by atoms with Crippen molar-refractivity contribution in [2.45, 2.75) is 13.3 Å². The molecule has 0 bridgehead atoms. The molecule has 0 saturated carbocycles. The van der Waals surface area contributed by atoms with Crippen LogP contribution < -0.4 is 0 Å². The van der Waals surface area contributed by atoms with E-state index in [1.807, 2.05) is 25.1 Å². The van der Waals surface area contributed by atoms with E-state index in [1.165, 1.54) is 7.11 Å². The van der Waals surface area contributed by atoms with Crippen molar-refractivity contribution in [2.24, 2.45) is 0 Å². The molecule has 0 spiro atoms. The predicted octanol–water partition coefficient (Wildman–Crippen LogP) is 2.57. The monoisotopic (exact) mass is 220 g/mol. The topological polar surface area (TPSA) is 35.5 Å². The van der Waals surface area contributed by atoms with Crippen LogP contribution in [0.1, 0.15) is 22.8 Å². The highest BCUT2D eigenvalue weighted by Crippen LogP contribution is 2.06. The van der Waals surface area contributed by atoms with E-state index in [4.69, 9.17) is 4.74 Å². The summed E-state index contributed by atoms with van der Waals surface area (Å²) in [7, 11) is 1.38. The zero-order valence-corrected chi connectivity index (χ0v) is 9.60. The molecule has 1 rings (SSSR count). The van der Waals surface area contributed by atoms with Gasteiger partial charge in [-0.3, -0.25) is 0 Å². The van der Waals surface area contributed by atoms with Gasteiger partial charge in [-0.25, -0.2) is 4.79 Å². The Morgan fingerprint density at radius 2 is 2.00 bits per heavy atom. The third-order valence-electron chi connectivity index (χ3n) is 2.09. The first-order valence-corrected chi connectivity index (χ1v) is 5.21. The van der Waals surface area contributed by atoms with Crippen LogP contribution >= 0.6 is 0 Å². The number of carbonyl (C=O) groups excluding carboxylic acids is 1. The molecule has 86 valence electrons. The van der Waals surface area contributed by atoms with Crippen LogP contribution in [-0.4, -0.2) is 19.7 Å². The van der Waals surface area contributed by atoms with Gasteiger partial charge in [0.25, 0.3) is 0 Å². The zero-order valence-electron chi connectivity index (χ0n) is 9.60. The SMILES string of the molecule is CCO/C=C/Cc1ccc(C(=O)OC)cc1. The number of rotatable bonds is 5. The van der Waals surface area contributed by atoms with Gasteiger partial charge in [-0.2, -0.15) is 0 Å². The molecule has 0 radical (unpaired) electrons. The summed E-state index contributed by atoms with van der Waals surface area (Å²) < 4.78 is 9.70. The smallest absolute Gasteiger partial charge is 0.337 e. The van der Waals surface area contributed by atoms with Gasteiger partial charge in [0, 0.05) is 0 Å². The number of carbonyl (C=O) groups is 1. The molecule has 0 aromatic heterocycles. The lowest BCUT2D eigenvalue weighted by Gasteiger charge is -2.00. The summed E-state index contributed by atoms with van der Waals surface area (Å²) in [6, 6.07) is 7.33. The first kappa shape index (κ1) is 12.3. The third kappa shape index (κ3) is 3.77. The van der Waals surface area contributed by atoms with E-state index in [1.54, 1.807) is 18.4 Å². The van der Waals surface area contributed by atoms with Crippen LogP contribution in [-0.2, 0) is 15.9 Å². The summed E-state index contributed by atoms with van der Waals surface area (Å²) in [6.07, 6.45) is 4.42. The van der Waals surface area contributed by atoms with Crippen molar-refractivity contribution in [1.29, 1.82) is 0 Å². The minimum absolute atomic E-state index is 0.309. The van der Waals surface area contributed by atoms with Gasteiger partial charge < -0.3 is 9.47 Å². The van der Waals surface area contributed by atoms with Crippen LogP contribution in [0.4, 0.5) is 0 Å². The van der Waals surface area contributed by atoms with Gasteiger partial charge in [0.1, 0.15) is 0 Å². The fourth-order valence-corrected chi connectivity index (χ4v) is 1.24. The lowest BCUT2D eigenvalue weighted by Crippen LogP contribution is -2.00. The van der Waals surface area contributed by atoms with Gasteiger partial charge in [0.2, 0.25) is 0 Å². The third-order valence-corrected chi connectivity index (χ3v) is 2.09. The first-order chi connectivity index (χ1) is 7.77. The average Bonchev–Trinajstić information content (AvgIpc) is 2.34. The van der Waals surface area contributed by atoms with Gasteiger partial charge in [-0.1, -0.05) is 12.1 Å². The number of benzene rings is 1. The van der Waals surface area contributed by atoms with Crippen LogP contribution in [0.25, 0.3) is 0 Å². The number of allylic oxidation sites excluding steroid dienone is 1. The lowest BCUT2D eigenvalue weighted by atomic mass is 10.1. The lowest BCUT2D eigenvalue weighted by molar-refractivity contribution is 0.0600. The molecule has 1 aromatic rings. The van der Waals surface area contributed by atoms with E-state index in [2.05, 4.69) is 4.74 Å². The molecule has 0 aliphatic carbocycles. The first-order valence-electron chi connectivity index (χ1n) is 5.21. The van der Waals surface area contributed by atoms with Crippen LogP contribution in [0.5, 0.6) is 0 Å². The largest absolute Gasteiger partial charge is 0.502 e. The standard InChI is InChI=1S/C13H16O3/c1-3-16-10-4-5-11-6-8-12(9-7-11)13(14)15-2/h4,6-10H,3,5H2,1-2H3/b10-4+. The van der Waals surface area contributed by atoms with Crippen molar-refractivity contribution in [1.82, 2.24) is 0 Å². The summed E-state index contributed by atoms with van der Waals surface area (Å²) in [4.78, 5) is 11.2. The van der Waals surface area contributed by atoms with Gasteiger partial charge in [-0.15, -0.1) is 0 Å². The van der Waals surface area contributed by atoms with E-state index < -0.39 is 0 Å². The average molecular weight is 220 g/mol. The second-order valence-electron chi connectivity index (χ2n) is 3.22. The summed E-state index contributed by atoms with van der Waals surface area (Å²) in [5.74, 6) is -0.309.